The predicted molar refractivity (Wildman–Crippen MR) is 143 cm³/mol. The quantitative estimate of drug-likeness (QED) is 0.0335. The maximum Gasteiger partial charge on any atom is 0.327 e. The molecule has 4 amide bonds. The number of nitrogens with one attached hydrogen (secondary N) is 5. The smallest absolute Gasteiger partial charge is 0.327 e. The molecule has 18 nitrogen and oxygen atoms in total. The predicted octanol–water partition coefficient (Wildman–Crippen LogP) is -4.61. The fraction of sp³-hybridized carbons (Fsp3) is 0.524. The molecule has 0 saturated carbocycles. The molecule has 0 spiro atoms. The Kier molecular flexibility index (Phi) is 14.5. The summed E-state index contributed by atoms with van der Waals surface area (Å²) in [5, 5.41) is 27.4. The fourth-order valence-electron chi connectivity index (χ4n) is 3.13. The second-order valence-corrected chi connectivity index (χ2v) is 8.78. The SMILES string of the molecule is NC(N)=NCCCC(N)C(=O)NCC(=O)NC(CC(=O)O)C(=O)NC(Cc1cnc[nH]1)C(=O)NC(CS)C(=O)O. The van der Waals surface area contributed by atoms with Crippen LogP contribution >= 0.6 is 12.6 Å². The number of hydrogen-bond donors (Lipinski definition) is 11. The van der Waals surface area contributed by atoms with E-state index in [0.717, 1.165) is 0 Å². The molecule has 1 heterocycles. The first-order valence-corrected chi connectivity index (χ1v) is 12.5. The average Bonchev–Trinajstić information content (AvgIpc) is 3.39. The van der Waals surface area contributed by atoms with Crippen molar-refractivity contribution in [2.24, 2.45) is 22.2 Å². The number of rotatable bonds is 18. The van der Waals surface area contributed by atoms with Crippen LogP contribution in [0, 0.1) is 0 Å². The molecule has 19 heteroatoms. The number of carboxylic acids is 2. The van der Waals surface area contributed by atoms with E-state index in [0.29, 0.717) is 12.1 Å². The van der Waals surface area contributed by atoms with Crippen LogP contribution in [-0.2, 0) is 35.2 Å². The topological polar surface area (TPSA) is 310 Å². The number of carbonyl (C=O) groups excluding carboxylic acids is 4. The van der Waals surface area contributed by atoms with Gasteiger partial charge in [0, 0.05) is 30.6 Å². The molecule has 1 aromatic rings. The third-order valence-electron chi connectivity index (χ3n) is 5.17. The van der Waals surface area contributed by atoms with E-state index in [4.69, 9.17) is 17.2 Å². The molecule has 4 unspecified atom stereocenters. The number of guanidine groups is 1. The van der Waals surface area contributed by atoms with E-state index in [-0.39, 0.29) is 31.1 Å². The number of aliphatic carboxylic acids is 2. The minimum Gasteiger partial charge on any atom is -0.481 e. The Morgan fingerprint density at radius 3 is 2.20 bits per heavy atom. The van der Waals surface area contributed by atoms with E-state index >= 15 is 0 Å². The molecule has 40 heavy (non-hydrogen) atoms. The summed E-state index contributed by atoms with van der Waals surface area (Å²) in [6, 6.07) is -5.37. The van der Waals surface area contributed by atoms with Crippen LogP contribution in [0.1, 0.15) is 25.0 Å². The zero-order chi connectivity index (χ0) is 30.2. The molecule has 1 aromatic heterocycles. The minimum atomic E-state index is -1.65. The van der Waals surface area contributed by atoms with Crippen LogP contribution in [0.5, 0.6) is 0 Å². The summed E-state index contributed by atoms with van der Waals surface area (Å²) >= 11 is 3.88. The average molecular weight is 587 g/mol. The molecular weight excluding hydrogens is 552 g/mol. The van der Waals surface area contributed by atoms with E-state index in [1.807, 2.05) is 0 Å². The van der Waals surface area contributed by atoms with Gasteiger partial charge in [-0.05, 0) is 12.8 Å². The van der Waals surface area contributed by atoms with Crippen LogP contribution in [0.15, 0.2) is 17.5 Å². The van der Waals surface area contributed by atoms with Crippen molar-refractivity contribution in [3.05, 3.63) is 18.2 Å². The Bertz CT molecular complexity index is 1060. The maximum atomic E-state index is 12.9. The molecule has 0 saturated heterocycles. The molecule has 222 valence electrons. The van der Waals surface area contributed by atoms with Crippen molar-refractivity contribution in [2.45, 2.75) is 49.9 Å². The lowest BCUT2D eigenvalue weighted by Crippen LogP contribution is -2.57. The lowest BCUT2D eigenvalue weighted by atomic mass is 10.1. The van der Waals surface area contributed by atoms with Gasteiger partial charge >= 0.3 is 11.9 Å². The Hall–Kier alpha value is -4.39. The molecule has 0 fully saturated rings. The number of carbonyl (C=O) groups is 6. The van der Waals surface area contributed by atoms with Gasteiger partial charge in [-0.15, -0.1) is 0 Å². The van der Waals surface area contributed by atoms with Crippen molar-refractivity contribution >= 4 is 54.2 Å². The number of aromatic amines is 1. The van der Waals surface area contributed by atoms with Crippen LogP contribution in [0.4, 0.5) is 0 Å². The summed E-state index contributed by atoms with van der Waals surface area (Å²) in [7, 11) is 0. The number of imidazole rings is 1. The zero-order valence-corrected chi connectivity index (χ0v) is 22.2. The van der Waals surface area contributed by atoms with Crippen molar-refractivity contribution in [1.29, 1.82) is 0 Å². The van der Waals surface area contributed by atoms with Gasteiger partial charge in [-0.3, -0.25) is 29.0 Å². The molecule has 4 atom stereocenters. The number of aliphatic imine (C=N–C) groups is 1. The van der Waals surface area contributed by atoms with Crippen molar-refractivity contribution in [3.8, 4) is 0 Å². The van der Waals surface area contributed by atoms with E-state index in [9.17, 15) is 39.0 Å². The molecule has 0 bridgehead atoms. The van der Waals surface area contributed by atoms with Crippen molar-refractivity contribution < 1.29 is 39.0 Å². The Labute approximate surface area is 233 Å². The second kappa shape index (κ2) is 17.2. The van der Waals surface area contributed by atoms with Gasteiger partial charge < -0.3 is 53.7 Å². The fourth-order valence-corrected chi connectivity index (χ4v) is 3.38. The van der Waals surface area contributed by atoms with Crippen LogP contribution < -0.4 is 38.5 Å². The van der Waals surface area contributed by atoms with Gasteiger partial charge in [-0.2, -0.15) is 12.6 Å². The van der Waals surface area contributed by atoms with Crippen LogP contribution in [-0.4, -0.2) is 105 Å². The second-order valence-electron chi connectivity index (χ2n) is 8.42. The Morgan fingerprint density at radius 2 is 1.65 bits per heavy atom. The number of nitrogens with two attached hydrogens (primary N) is 3. The lowest BCUT2D eigenvalue weighted by molar-refractivity contribution is -0.142. The maximum absolute atomic E-state index is 12.9. The highest BCUT2D eigenvalue weighted by Crippen LogP contribution is 2.03. The first-order chi connectivity index (χ1) is 18.8. The molecule has 1 rings (SSSR count). The normalized spacial score (nSPS) is 13.6. The number of nitrogens with zero attached hydrogens (tertiary/aromatic N) is 2. The van der Waals surface area contributed by atoms with Crippen molar-refractivity contribution in [3.63, 3.8) is 0 Å². The van der Waals surface area contributed by atoms with E-state index in [1.165, 1.54) is 12.5 Å². The highest BCUT2D eigenvalue weighted by molar-refractivity contribution is 7.80. The number of H-pyrrole nitrogens is 1. The third kappa shape index (κ3) is 12.9. The van der Waals surface area contributed by atoms with E-state index in [1.54, 1.807) is 0 Å². The number of carboxylic acid groups (broad SMARTS) is 2. The first kappa shape index (κ1) is 33.6. The molecular formula is C21H34N10O8S. The summed E-state index contributed by atoms with van der Waals surface area (Å²) in [5.74, 6) is -6.67. The monoisotopic (exact) mass is 586 g/mol. The van der Waals surface area contributed by atoms with Gasteiger partial charge in [0.2, 0.25) is 23.6 Å². The summed E-state index contributed by atoms with van der Waals surface area (Å²) in [5.41, 5.74) is 16.6. The van der Waals surface area contributed by atoms with Crippen LogP contribution in [0.3, 0.4) is 0 Å². The van der Waals surface area contributed by atoms with Crippen LogP contribution in [0.2, 0.25) is 0 Å². The molecule has 0 aliphatic rings. The Morgan fingerprint density at radius 1 is 1.00 bits per heavy atom. The zero-order valence-electron chi connectivity index (χ0n) is 21.3. The lowest BCUT2D eigenvalue weighted by Gasteiger charge is -2.23. The van der Waals surface area contributed by atoms with Crippen molar-refractivity contribution in [1.82, 2.24) is 31.2 Å². The highest BCUT2D eigenvalue weighted by atomic mass is 32.1. The van der Waals surface area contributed by atoms with Gasteiger partial charge in [-0.25, -0.2) is 9.78 Å². The van der Waals surface area contributed by atoms with Gasteiger partial charge in [0.05, 0.1) is 25.3 Å². The van der Waals surface area contributed by atoms with Gasteiger partial charge in [0.1, 0.15) is 18.1 Å². The summed E-state index contributed by atoms with van der Waals surface area (Å²) in [6.07, 6.45) is 2.27. The number of thiol groups is 1. The van der Waals surface area contributed by atoms with Crippen molar-refractivity contribution in [2.75, 3.05) is 18.8 Å². The number of amides is 4. The van der Waals surface area contributed by atoms with Gasteiger partial charge in [-0.1, -0.05) is 0 Å². The first-order valence-electron chi connectivity index (χ1n) is 11.9. The number of hydrogen-bond acceptors (Lipinski definition) is 10. The Balaban J connectivity index is 2.84. The summed E-state index contributed by atoms with van der Waals surface area (Å²) in [4.78, 5) is 83.1. The molecule has 0 aliphatic heterocycles. The third-order valence-corrected chi connectivity index (χ3v) is 5.53. The molecule has 0 radical (unpaired) electrons. The molecule has 0 aromatic carbocycles. The van der Waals surface area contributed by atoms with Gasteiger partial charge in [0.15, 0.2) is 5.96 Å². The van der Waals surface area contributed by atoms with Gasteiger partial charge in [0.25, 0.3) is 0 Å². The summed E-state index contributed by atoms with van der Waals surface area (Å²) in [6.45, 7) is -0.370. The highest BCUT2D eigenvalue weighted by Gasteiger charge is 2.31. The minimum absolute atomic E-state index is 0.106. The van der Waals surface area contributed by atoms with Crippen LogP contribution in [0.25, 0.3) is 0 Å². The van der Waals surface area contributed by atoms with E-state index < -0.39 is 72.7 Å². The standard InChI is InChI=1S/C21H34N10O8S/c22-11(2-1-3-26-21(23)24)17(35)27-7-15(32)29-13(5-16(33)34)19(37)30-12(4-10-6-25-9-28-10)18(36)31-14(8-40)20(38)39/h6,9,11-14,40H,1-5,7-8,22H2,(H,25,28)(H,27,35)(H,29,32)(H,30,37)(H,31,36)(H,33,34)(H,38,39)(H4,23,24,26). The summed E-state index contributed by atoms with van der Waals surface area (Å²) < 4.78 is 0. The molecule has 13 N–H and O–H groups in total. The number of aromatic nitrogens is 2. The largest absolute Gasteiger partial charge is 0.481 e. The van der Waals surface area contributed by atoms with E-state index in [2.05, 4.69) is 48.9 Å². The molecule has 0 aliphatic carbocycles.